The monoisotopic (exact) mass is 201 g/mol. The van der Waals surface area contributed by atoms with Gasteiger partial charge in [-0.15, -0.1) is 0 Å². The maximum absolute atomic E-state index is 9.16. The first-order valence-electron chi connectivity index (χ1n) is 5.04. The van der Waals surface area contributed by atoms with E-state index in [9.17, 15) is 0 Å². The minimum absolute atomic E-state index is 0.324. The summed E-state index contributed by atoms with van der Waals surface area (Å²) in [6, 6.07) is 5.48. The third-order valence-corrected chi connectivity index (χ3v) is 2.85. The normalized spacial score (nSPS) is 14.8. The Morgan fingerprint density at radius 1 is 1.40 bits per heavy atom. The summed E-state index contributed by atoms with van der Waals surface area (Å²) >= 11 is 0. The van der Waals surface area contributed by atoms with Crippen molar-refractivity contribution in [2.75, 3.05) is 0 Å². The summed E-state index contributed by atoms with van der Waals surface area (Å²) in [5.74, 6) is 0.551. The molecule has 1 aliphatic rings. The summed E-state index contributed by atoms with van der Waals surface area (Å²) < 4.78 is 0. The molecule has 1 aromatic carbocycles. The standard InChI is InChI=1S/C11H12BNO2/c1-7-4-9(6-13)11(12(14)15)5-10(7)8-2-3-8/h4-5,8,14-15H,2-3H2,1H3. The van der Waals surface area contributed by atoms with E-state index in [4.69, 9.17) is 15.3 Å². The summed E-state index contributed by atoms with van der Waals surface area (Å²) in [6.07, 6.45) is 2.32. The molecule has 0 saturated heterocycles. The third-order valence-electron chi connectivity index (χ3n) is 2.85. The van der Waals surface area contributed by atoms with E-state index >= 15 is 0 Å². The number of nitrogens with zero attached hydrogens (tertiary/aromatic N) is 1. The Morgan fingerprint density at radius 3 is 2.53 bits per heavy atom. The van der Waals surface area contributed by atoms with Crippen LogP contribution in [0.3, 0.4) is 0 Å². The average Bonchev–Trinajstić information content (AvgIpc) is 3.00. The summed E-state index contributed by atoms with van der Waals surface area (Å²) in [4.78, 5) is 0. The van der Waals surface area contributed by atoms with Crippen LogP contribution in [0.1, 0.15) is 35.4 Å². The number of rotatable bonds is 2. The zero-order valence-electron chi connectivity index (χ0n) is 8.57. The molecule has 0 bridgehead atoms. The fourth-order valence-corrected chi connectivity index (χ4v) is 1.89. The van der Waals surface area contributed by atoms with Gasteiger partial charge in [-0.2, -0.15) is 5.26 Å². The Kier molecular flexibility index (Phi) is 2.51. The quantitative estimate of drug-likeness (QED) is 0.681. The van der Waals surface area contributed by atoms with Crippen LogP contribution < -0.4 is 5.46 Å². The number of aryl methyl sites for hydroxylation is 1. The minimum Gasteiger partial charge on any atom is -0.423 e. The molecule has 2 rings (SSSR count). The van der Waals surface area contributed by atoms with E-state index in [1.54, 1.807) is 12.1 Å². The van der Waals surface area contributed by atoms with E-state index in [1.807, 2.05) is 13.0 Å². The van der Waals surface area contributed by atoms with Gasteiger partial charge in [0.25, 0.3) is 0 Å². The molecule has 1 aromatic rings. The van der Waals surface area contributed by atoms with Crippen LogP contribution in [-0.4, -0.2) is 17.2 Å². The molecule has 0 heterocycles. The van der Waals surface area contributed by atoms with Gasteiger partial charge < -0.3 is 10.0 Å². The fourth-order valence-electron chi connectivity index (χ4n) is 1.89. The van der Waals surface area contributed by atoms with E-state index in [2.05, 4.69) is 0 Å². The van der Waals surface area contributed by atoms with E-state index in [1.165, 1.54) is 0 Å². The van der Waals surface area contributed by atoms with Gasteiger partial charge in [0.15, 0.2) is 0 Å². The summed E-state index contributed by atoms with van der Waals surface area (Å²) in [6.45, 7) is 1.96. The van der Waals surface area contributed by atoms with Gasteiger partial charge in [-0.05, 0) is 42.9 Å². The smallest absolute Gasteiger partial charge is 0.423 e. The molecule has 1 aliphatic carbocycles. The zero-order valence-corrected chi connectivity index (χ0v) is 8.57. The van der Waals surface area contributed by atoms with Gasteiger partial charge >= 0.3 is 7.12 Å². The number of hydrogen-bond acceptors (Lipinski definition) is 3. The molecule has 15 heavy (non-hydrogen) atoms. The minimum atomic E-state index is -1.56. The summed E-state index contributed by atoms with van der Waals surface area (Å²) in [5, 5.41) is 27.2. The molecule has 0 atom stereocenters. The van der Waals surface area contributed by atoms with Crippen molar-refractivity contribution in [2.24, 2.45) is 0 Å². The summed E-state index contributed by atoms with van der Waals surface area (Å²) in [7, 11) is -1.56. The highest BCUT2D eigenvalue weighted by Gasteiger charge is 2.27. The number of hydrogen-bond donors (Lipinski definition) is 2. The molecule has 1 saturated carbocycles. The van der Waals surface area contributed by atoms with Gasteiger partial charge in [-0.3, -0.25) is 0 Å². The van der Waals surface area contributed by atoms with Crippen LogP contribution in [0.2, 0.25) is 0 Å². The maximum Gasteiger partial charge on any atom is 0.489 e. The van der Waals surface area contributed by atoms with Crippen LogP contribution in [0.15, 0.2) is 12.1 Å². The number of benzene rings is 1. The van der Waals surface area contributed by atoms with Crippen molar-refractivity contribution in [3.63, 3.8) is 0 Å². The van der Waals surface area contributed by atoms with Crippen LogP contribution in [0.4, 0.5) is 0 Å². The molecule has 3 nitrogen and oxygen atoms in total. The largest absolute Gasteiger partial charge is 0.489 e. The van der Waals surface area contributed by atoms with Crippen LogP contribution in [0, 0.1) is 18.3 Å². The Bertz CT molecular complexity index is 433. The van der Waals surface area contributed by atoms with Crippen molar-refractivity contribution >= 4 is 12.6 Å². The van der Waals surface area contributed by atoms with E-state index in [0.29, 0.717) is 16.9 Å². The highest BCUT2D eigenvalue weighted by molar-refractivity contribution is 6.59. The lowest BCUT2D eigenvalue weighted by Gasteiger charge is -2.09. The highest BCUT2D eigenvalue weighted by Crippen LogP contribution is 2.41. The van der Waals surface area contributed by atoms with Crippen molar-refractivity contribution in [3.8, 4) is 6.07 Å². The van der Waals surface area contributed by atoms with E-state index in [0.717, 1.165) is 24.0 Å². The van der Waals surface area contributed by atoms with Crippen molar-refractivity contribution in [2.45, 2.75) is 25.7 Å². The highest BCUT2D eigenvalue weighted by atomic mass is 16.4. The van der Waals surface area contributed by atoms with Gasteiger partial charge in [0, 0.05) is 5.46 Å². The van der Waals surface area contributed by atoms with Crippen LogP contribution in [0.5, 0.6) is 0 Å². The molecule has 0 unspecified atom stereocenters. The maximum atomic E-state index is 9.16. The lowest BCUT2D eigenvalue weighted by molar-refractivity contribution is 0.425. The van der Waals surface area contributed by atoms with Gasteiger partial charge in [-0.1, -0.05) is 6.07 Å². The van der Waals surface area contributed by atoms with E-state index < -0.39 is 7.12 Å². The number of nitriles is 1. The molecular formula is C11H12BNO2. The second kappa shape index (κ2) is 3.69. The lowest BCUT2D eigenvalue weighted by Crippen LogP contribution is -2.33. The first-order valence-corrected chi connectivity index (χ1v) is 5.04. The second-order valence-electron chi connectivity index (χ2n) is 4.06. The van der Waals surface area contributed by atoms with Gasteiger partial charge in [-0.25, -0.2) is 0 Å². The van der Waals surface area contributed by atoms with Crippen molar-refractivity contribution in [1.82, 2.24) is 0 Å². The molecule has 0 aromatic heterocycles. The average molecular weight is 201 g/mol. The molecule has 0 aliphatic heterocycles. The third kappa shape index (κ3) is 1.89. The molecular weight excluding hydrogens is 189 g/mol. The predicted octanol–water partition coefficient (Wildman–Crippen LogP) is 0.424. The Hall–Kier alpha value is -1.31. The first kappa shape index (κ1) is 10.2. The predicted molar refractivity (Wildman–Crippen MR) is 57.7 cm³/mol. The molecule has 0 amide bonds. The first-order chi connectivity index (χ1) is 7.13. The van der Waals surface area contributed by atoms with Crippen LogP contribution in [-0.2, 0) is 0 Å². The molecule has 2 N–H and O–H groups in total. The second-order valence-corrected chi connectivity index (χ2v) is 4.06. The lowest BCUT2D eigenvalue weighted by atomic mass is 9.75. The van der Waals surface area contributed by atoms with Gasteiger partial charge in [0.1, 0.15) is 0 Å². The Labute approximate surface area is 89.1 Å². The molecule has 0 radical (unpaired) electrons. The fraction of sp³-hybridized carbons (Fsp3) is 0.364. The van der Waals surface area contributed by atoms with Crippen LogP contribution >= 0.6 is 0 Å². The van der Waals surface area contributed by atoms with Gasteiger partial charge in [0.05, 0.1) is 11.6 Å². The van der Waals surface area contributed by atoms with Gasteiger partial charge in [0.2, 0.25) is 0 Å². The molecule has 0 spiro atoms. The van der Waals surface area contributed by atoms with Crippen LogP contribution in [0.25, 0.3) is 0 Å². The molecule has 76 valence electrons. The molecule has 1 fully saturated rings. The summed E-state index contributed by atoms with van der Waals surface area (Å²) in [5.41, 5.74) is 2.90. The zero-order chi connectivity index (χ0) is 11.0. The Balaban J connectivity index is 2.52. The van der Waals surface area contributed by atoms with E-state index in [-0.39, 0.29) is 0 Å². The topological polar surface area (TPSA) is 64.2 Å². The SMILES string of the molecule is Cc1cc(C#N)c(B(O)O)cc1C1CC1. The van der Waals surface area contributed by atoms with Crippen molar-refractivity contribution in [3.05, 3.63) is 28.8 Å². The Morgan fingerprint density at radius 2 is 2.07 bits per heavy atom. The van der Waals surface area contributed by atoms with Crippen molar-refractivity contribution < 1.29 is 10.0 Å². The molecule has 4 heteroatoms. The van der Waals surface area contributed by atoms with Crippen molar-refractivity contribution in [1.29, 1.82) is 5.26 Å².